The highest BCUT2D eigenvalue weighted by Crippen LogP contribution is 2.31. The molecule has 0 spiro atoms. The SMILES string of the molecule is C=C(SC)c1c(F)cc(-c2cn[nH]c2)cc1F. The normalized spacial score (nSPS) is 10.5. The van der Waals surface area contributed by atoms with E-state index in [4.69, 9.17) is 0 Å². The fourth-order valence-corrected chi connectivity index (χ4v) is 1.92. The molecule has 0 aliphatic rings. The van der Waals surface area contributed by atoms with Gasteiger partial charge in [0.05, 0.1) is 11.8 Å². The number of hydrogen-bond donors (Lipinski definition) is 1. The van der Waals surface area contributed by atoms with E-state index in [0.29, 0.717) is 16.0 Å². The van der Waals surface area contributed by atoms with Gasteiger partial charge in [-0.3, -0.25) is 5.10 Å². The van der Waals surface area contributed by atoms with Crippen LogP contribution >= 0.6 is 11.8 Å². The Hall–Kier alpha value is -1.62. The fraction of sp³-hybridized carbons (Fsp3) is 0.0833. The molecule has 0 radical (unpaired) electrons. The van der Waals surface area contributed by atoms with Crippen molar-refractivity contribution in [2.45, 2.75) is 0 Å². The van der Waals surface area contributed by atoms with Crippen LogP contribution in [0, 0.1) is 11.6 Å². The zero-order valence-corrected chi connectivity index (χ0v) is 9.94. The Morgan fingerprint density at radius 1 is 1.29 bits per heavy atom. The quantitative estimate of drug-likeness (QED) is 0.902. The van der Waals surface area contributed by atoms with Crippen LogP contribution < -0.4 is 0 Å². The number of nitrogens with zero attached hydrogens (tertiary/aromatic N) is 1. The lowest BCUT2D eigenvalue weighted by atomic mass is 10.1. The standard InChI is InChI=1S/C12H10F2N2S/c1-7(17-2)12-10(13)3-8(4-11(12)14)9-5-15-16-6-9/h3-6H,1H2,2H3,(H,15,16). The molecular weight excluding hydrogens is 242 g/mol. The monoisotopic (exact) mass is 252 g/mol. The Morgan fingerprint density at radius 3 is 2.41 bits per heavy atom. The molecule has 0 atom stereocenters. The highest BCUT2D eigenvalue weighted by Gasteiger charge is 2.14. The molecule has 1 N–H and O–H groups in total. The molecule has 17 heavy (non-hydrogen) atoms. The Kier molecular flexibility index (Phi) is 3.28. The zero-order valence-electron chi connectivity index (χ0n) is 9.13. The number of thioether (sulfide) groups is 1. The molecule has 0 saturated carbocycles. The van der Waals surface area contributed by atoms with Crippen molar-refractivity contribution in [1.82, 2.24) is 10.2 Å². The molecule has 1 heterocycles. The van der Waals surface area contributed by atoms with Gasteiger partial charge in [-0.1, -0.05) is 6.58 Å². The van der Waals surface area contributed by atoms with E-state index >= 15 is 0 Å². The first kappa shape index (κ1) is 11.9. The number of hydrogen-bond acceptors (Lipinski definition) is 2. The second kappa shape index (κ2) is 4.71. The summed E-state index contributed by atoms with van der Waals surface area (Å²) < 4.78 is 27.6. The molecule has 5 heteroatoms. The molecule has 1 aromatic carbocycles. The van der Waals surface area contributed by atoms with Gasteiger partial charge >= 0.3 is 0 Å². The third-order valence-corrected chi connectivity index (χ3v) is 3.10. The second-order valence-electron chi connectivity index (χ2n) is 3.43. The van der Waals surface area contributed by atoms with Gasteiger partial charge in [0.1, 0.15) is 11.6 Å². The molecule has 0 amide bonds. The average Bonchev–Trinajstić information content (AvgIpc) is 2.81. The Balaban J connectivity index is 2.53. The minimum absolute atomic E-state index is 0.0651. The van der Waals surface area contributed by atoms with E-state index in [-0.39, 0.29) is 5.56 Å². The Morgan fingerprint density at radius 2 is 1.94 bits per heavy atom. The number of aromatic nitrogens is 2. The van der Waals surface area contributed by atoms with E-state index in [9.17, 15) is 8.78 Å². The molecular formula is C12H10F2N2S. The van der Waals surface area contributed by atoms with Crippen molar-refractivity contribution in [2.75, 3.05) is 6.26 Å². The largest absolute Gasteiger partial charge is 0.285 e. The molecule has 0 aliphatic carbocycles. The minimum atomic E-state index is -0.611. The summed E-state index contributed by atoms with van der Waals surface area (Å²) in [5.74, 6) is -1.22. The maximum absolute atomic E-state index is 13.8. The highest BCUT2D eigenvalue weighted by molar-refractivity contribution is 8.07. The summed E-state index contributed by atoms with van der Waals surface area (Å²) in [6.07, 6.45) is 4.82. The smallest absolute Gasteiger partial charge is 0.135 e. The molecule has 2 rings (SSSR count). The lowest BCUT2D eigenvalue weighted by molar-refractivity contribution is 0.579. The van der Waals surface area contributed by atoms with E-state index in [1.807, 2.05) is 0 Å². The summed E-state index contributed by atoms with van der Waals surface area (Å²) >= 11 is 1.22. The first-order chi connectivity index (χ1) is 8.13. The van der Waals surface area contributed by atoms with Crippen LogP contribution in [-0.2, 0) is 0 Å². The van der Waals surface area contributed by atoms with Gasteiger partial charge in [0.25, 0.3) is 0 Å². The number of aromatic amines is 1. The van der Waals surface area contributed by atoms with Gasteiger partial charge in [-0.15, -0.1) is 11.8 Å². The molecule has 1 aromatic heterocycles. The predicted octanol–water partition coefficient (Wildman–Crippen LogP) is 3.69. The topological polar surface area (TPSA) is 28.7 Å². The summed E-state index contributed by atoms with van der Waals surface area (Å²) in [4.78, 5) is 0.374. The third kappa shape index (κ3) is 2.24. The van der Waals surface area contributed by atoms with Crippen LogP contribution in [0.25, 0.3) is 16.0 Å². The summed E-state index contributed by atoms with van der Waals surface area (Å²) in [6.45, 7) is 3.62. The second-order valence-corrected chi connectivity index (χ2v) is 4.33. The van der Waals surface area contributed by atoms with Gasteiger partial charge in [0.2, 0.25) is 0 Å². The van der Waals surface area contributed by atoms with E-state index < -0.39 is 11.6 Å². The molecule has 0 saturated heterocycles. The highest BCUT2D eigenvalue weighted by atomic mass is 32.2. The van der Waals surface area contributed by atoms with Crippen LogP contribution in [0.1, 0.15) is 5.56 Å². The van der Waals surface area contributed by atoms with E-state index in [0.717, 1.165) is 0 Å². The maximum Gasteiger partial charge on any atom is 0.135 e. The van der Waals surface area contributed by atoms with Crippen molar-refractivity contribution >= 4 is 16.7 Å². The van der Waals surface area contributed by atoms with Gasteiger partial charge in [-0.05, 0) is 24.0 Å². The van der Waals surface area contributed by atoms with Crippen molar-refractivity contribution in [1.29, 1.82) is 0 Å². The number of H-pyrrole nitrogens is 1. The zero-order chi connectivity index (χ0) is 12.4. The van der Waals surface area contributed by atoms with E-state index in [1.165, 1.54) is 30.1 Å². The van der Waals surface area contributed by atoms with Crippen molar-refractivity contribution in [3.05, 3.63) is 48.3 Å². The van der Waals surface area contributed by atoms with Crippen molar-refractivity contribution in [3.8, 4) is 11.1 Å². The predicted molar refractivity (Wildman–Crippen MR) is 66.5 cm³/mol. The van der Waals surface area contributed by atoms with Crippen molar-refractivity contribution < 1.29 is 8.78 Å². The van der Waals surface area contributed by atoms with Crippen LogP contribution in [0.15, 0.2) is 31.1 Å². The summed E-state index contributed by atoms with van der Waals surface area (Å²) in [6, 6.07) is 2.56. The van der Waals surface area contributed by atoms with Gasteiger partial charge in [0.15, 0.2) is 0 Å². The molecule has 0 bridgehead atoms. The fourth-order valence-electron chi connectivity index (χ4n) is 1.52. The number of rotatable bonds is 3. The summed E-state index contributed by atoms with van der Waals surface area (Å²) in [5.41, 5.74) is 1.03. The maximum atomic E-state index is 13.8. The van der Waals surface area contributed by atoms with Gasteiger partial charge in [-0.25, -0.2) is 8.78 Å². The van der Waals surface area contributed by atoms with Crippen LogP contribution in [0.5, 0.6) is 0 Å². The van der Waals surface area contributed by atoms with Crippen LogP contribution in [-0.4, -0.2) is 16.5 Å². The summed E-state index contributed by atoms with van der Waals surface area (Å²) in [7, 11) is 0. The van der Waals surface area contributed by atoms with E-state index in [2.05, 4.69) is 16.8 Å². The van der Waals surface area contributed by atoms with Crippen molar-refractivity contribution in [2.24, 2.45) is 0 Å². The lowest BCUT2D eigenvalue weighted by Gasteiger charge is -2.07. The molecule has 2 nitrogen and oxygen atoms in total. The first-order valence-electron chi connectivity index (χ1n) is 4.85. The molecule has 88 valence electrons. The average molecular weight is 252 g/mol. The molecule has 0 fully saturated rings. The number of halogens is 2. The number of nitrogens with one attached hydrogen (secondary N) is 1. The van der Waals surface area contributed by atoms with Crippen LogP contribution in [0.2, 0.25) is 0 Å². The number of benzene rings is 1. The Labute approximate surface area is 102 Å². The van der Waals surface area contributed by atoms with Crippen LogP contribution in [0.4, 0.5) is 8.78 Å². The van der Waals surface area contributed by atoms with Gasteiger partial charge in [0, 0.05) is 16.7 Å². The van der Waals surface area contributed by atoms with Crippen molar-refractivity contribution in [3.63, 3.8) is 0 Å². The van der Waals surface area contributed by atoms with Gasteiger partial charge in [-0.2, -0.15) is 5.10 Å². The van der Waals surface area contributed by atoms with Crippen LogP contribution in [0.3, 0.4) is 0 Å². The summed E-state index contributed by atoms with van der Waals surface area (Å²) in [5, 5.41) is 6.34. The van der Waals surface area contributed by atoms with Gasteiger partial charge < -0.3 is 0 Å². The molecule has 2 aromatic rings. The minimum Gasteiger partial charge on any atom is -0.285 e. The third-order valence-electron chi connectivity index (χ3n) is 2.40. The van der Waals surface area contributed by atoms with E-state index in [1.54, 1.807) is 12.5 Å². The lowest BCUT2D eigenvalue weighted by Crippen LogP contribution is -1.93. The molecule has 0 aliphatic heterocycles. The molecule has 0 unspecified atom stereocenters. The Bertz CT molecular complexity index is 527. The first-order valence-corrected chi connectivity index (χ1v) is 6.07.